The molecule has 0 aliphatic carbocycles. The van der Waals surface area contributed by atoms with Crippen LogP contribution in [0.4, 0.5) is 4.79 Å². The molecule has 2 aromatic carbocycles. The van der Waals surface area contributed by atoms with Crippen LogP contribution in [-0.4, -0.2) is 11.1 Å². The normalized spacial score (nSPS) is 16.0. The maximum absolute atomic E-state index is 11.5. The van der Waals surface area contributed by atoms with Gasteiger partial charge in [0.25, 0.3) is 11.1 Å². The van der Waals surface area contributed by atoms with E-state index in [-0.39, 0.29) is 11.1 Å². The van der Waals surface area contributed by atoms with Gasteiger partial charge in [-0.3, -0.25) is 14.9 Å². The molecule has 0 saturated carbocycles. The van der Waals surface area contributed by atoms with E-state index in [0.717, 1.165) is 17.3 Å². The molecule has 1 N–H and O–H groups in total. The maximum Gasteiger partial charge on any atom is 0.290 e. The Morgan fingerprint density at radius 2 is 1.77 bits per heavy atom. The summed E-state index contributed by atoms with van der Waals surface area (Å²) in [6, 6.07) is 14.3. The number of hydrogen-bond acceptors (Lipinski definition) is 4. The monoisotopic (exact) mass is 331 g/mol. The zero-order valence-electron chi connectivity index (χ0n) is 11.2. The molecular formula is C16H10ClNO3S. The maximum atomic E-state index is 11.5. The molecule has 2 aromatic rings. The molecule has 110 valence electrons. The van der Waals surface area contributed by atoms with Crippen molar-refractivity contribution < 1.29 is 14.3 Å². The van der Waals surface area contributed by atoms with Crippen molar-refractivity contribution >= 4 is 40.6 Å². The summed E-state index contributed by atoms with van der Waals surface area (Å²) in [5.41, 5.74) is 0.770. The lowest BCUT2D eigenvalue weighted by Gasteiger charge is -2.06. The van der Waals surface area contributed by atoms with Crippen molar-refractivity contribution in [1.82, 2.24) is 5.32 Å². The number of hydrogen-bond donors (Lipinski definition) is 1. The van der Waals surface area contributed by atoms with Crippen LogP contribution in [0, 0.1) is 0 Å². The third-order valence-electron chi connectivity index (χ3n) is 2.83. The Balaban J connectivity index is 1.82. The van der Waals surface area contributed by atoms with E-state index < -0.39 is 0 Å². The zero-order chi connectivity index (χ0) is 15.5. The Labute approximate surface area is 136 Å². The smallest absolute Gasteiger partial charge is 0.290 e. The molecule has 22 heavy (non-hydrogen) atoms. The highest BCUT2D eigenvalue weighted by Crippen LogP contribution is 2.28. The zero-order valence-corrected chi connectivity index (χ0v) is 12.8. The third-order valence-corrected chi connectivity index (χ3v) is 3.88. The molecule has 1 aliphatic rings. The molecule has 1 aliphatic heterocycles. The van der Waals surface area contributed by atoms with Gasteiger partial charge in [0.15, 0.2) is 0 Å². The van der Waals surface area contributed by atoms with Crippen molar-refractivity contribution in [2.45, 2.75) is 0 Å². The van der Waals surface area contributed by atoms with Crippen molar-refractivity contribution in [3.05, 3.63) is 64.0 Å². The average Bonchev–Trinajstić information content (AvgIpc) is 2.77. The third kappa shape index (κ3) is 3.50. The Morgan fingerprint density at radius 3 is 2.45 bits per heavy atom. The minimum atomic E-state index is -0.379. The first-order valence-electron chi connectivity index (χ1n) is 6.38. The number of nitrogens with one attached hydrogen (secondary N) is 1. The van der Waals surface area contributed by atoms with Gasteiger partial charge in [-0.15, -0.1) is 0 Å². The van der Waals surface area contributed by atoms with Crippen molar-refractivity contribution in [2.75, 3.05) is 0 Å². The van der Waals surface area contributed by atoms with Crippen LogP contribution in [0.25, 0.3) is 6.08 Å². The van der Waals surface area contributed by atoms with E-state index in [2.05, 4.69) is 5.32 Å². The molecule has 4 nitrogen and oxygen atoms in total. The fraction of sp³-hybridized carbons (Fsp3) is 0. The molecule has 1 fully saturated rings. The van der Waals surface area contributed by atoms with E-state index in [0.29, 0.717) is 21.4 Å². The number of benzene rings is 2. The lowest BCUT2D eigenvalue weighted by molar-refractivity contribution is -0.115. The number of carbonyl (C=O) groups excluding carboxylic acids is 2. The SMILES string of the molecule is O=C1NC(=O)/C(=C\c2cccc(Oc3cccc(Cl)c3)c2)S1. The molecule has 0 spiro atoms. The van der Waals surface area contributed by atoms with Crippen LogP contribution in [0.15, 0.2) is 53.4 Å². The highest BCUT2D eigenvalue weighted by Gasteiger charge is 2.24. The number of rotatable bonds is 3. The van der Waals surface area contributed by atoms with Gasteiger partial charge >= 0.3 is 0 Å². The molecule has 0 atom stereocenters. The van der Waals surface area contributed by atoms with Gasteiger partial charge in [-0.1, -0.05) is 29.8 Å². The van der Waals surface area contributed by atoms with Gasteiger partial charge < -0.3 is 4.74 Å². The van der Waals surface area contributed by atoms with Crippen LogP contribution in [0.1, 0.15) is 5.56 Å². The molecule has 2 amide bonds. The molecule has 1 saturated heterocycles. The summed E-state index contributed by atoms with van der Waals surface area (Å²) >= 11 is 6.80. The number of ether oxygens (including phenoxy) is 1. The molecule has 0 bridgehead atoms. The summed E-state index contributed by atoms with van der Waals surface area (Å²) in [6.45, 7) is 0. The van der Waals surface area contributed by atoms with Gasteiger partial charge in [-0.25, -0.2) is 0 Å². The van der Waals surface area contributed by atoms with E-state index in [1.165, 1.54) is 0 Å². The number of halogens is 1. The standard InChI is InChI=1S/C16H10ClNO3S/c17-11-4-2-6-13(9-11)21-12-5-1-3-10(7-12)8-14-15(19)18-16(20)22-14/h1-9H,(H,18,19,20)/b14-8+. The van der Waals surface area contributed by atoms with E-state index >= 15 is 0 Å². The fourth-order valence-corrected chi connectivity index (χ4v) is 2.77. The number of amides is 2. The molecule has 0 unspecified atom stereocenters. The second-order valence-electron chi connectivity index (χ2n) is 4.48. The second kappa shape index (κ2) is 6.25. The van der Waals surface area contributed by atoms with Gasteiger partial charge in [0, 0.05) is 5.02 Å². The first-order chi connectivity index (χ1) is 10.6. The van der Waals surface area contributed by atoms with Crippen molar-refractivity contribution in [3.8, 4) is 11.5 Å². The summed E-state index contributed by atoms with van der Waals surface area (Å²) in [7, 11) is 0. The first-order valence-corrected chi connectivity index (χ1v) is 7.58. The predicted octanol–water partition coefficient (Wildman–Crippen LogP) is 4.46. The second-order valence-corrected chi connectivity index (χ2v) is 5.94. The summed E-state index contributed by atoms with van der Waals surface area (Å²) in [6.07, 6.45) is 1.65. The van der Waals surface area contributed by atoms with Crippen LogP contribution >= 0.6 is 23.4 Å². The van der Waals surface area contributed by atoms with E-state index in [9.17, 15) is 9.59 Å². The van der Waals surface area contributed by atoms with E-state index in [1.807, 2.05) is 12.1 Å². The fourth-order valence-electron chi connectivity index (χ4n) is 1.91. The Morgan fingerprint density at radius 1 is 1.05 bits per heavy atom. The van der Waals surface area contributed by atoms with Crippen molar-refractivity contribution in [3.63, 3.8) is 0 Å². The highest BCUT2D eigenvalue weighted by atomic mass is 35.5. The topological polar surface area (TPSA) is 55.4 Å². The van der Waals surface area contributed by atoms with Gasteiger partial charge in [0.05, 0.1) is 4.91 Å². The summed E-state index contributed by atoms with van der Waals surface area (Å²) in [4.78, 5) is 23.0. The molecular weight excluding hydrogens is 322 g/mol. The van der Waals surface area contributed by atoms with Crippen LogP contribution < -0.4 is 10.1 Å². The first kappa shape index (κ1) is 14.7. The predicted molar refractivity (Wildman–Crippen MR) is 87.1 cm³/mol. The van der Waals surface area contributed by atoms with Crippen molar-refractivity contribution in [1.29, 1.82) is 0 Å². The number of imide groups is 1. The van der Waals surface area contributed by atoms with Crippen LogP contribution in [-0.2, 0) is 4.79 Å². The molecule has 3 rings (SSSR count). The average molecular weight is 332 g/mol. The highest BCUT2D eigenvalue weighted by molar-refractivity contribution is 8.18. The Kier molecular flexibility index (Phi) is 4.18. The lowest BCUT2D eigenvalue weighted by atomic mass is 10.2. The van der Waals surface area contributed by atoms with E-state index in [1.54, 1.807) is 42.5 Å². The van der Waals surface area contributed by atoms with Gasteiger partial charge in [0.2, 0.25) is 0 Å². The molecule has 0 aromatic heterocycles. The summed E-state index contributed by atoms with van der Waals surface area (Å²) in [5, 5.41) is 2.45. The Hall–Kier alpha value is -2.24. The van der Waals surface area contributed by atoms with Crippen LogP contribution in [0.5, 0.6) is 11.5 Å². The number of thioether (sulfide) groups is 1. The molecule has 0 radical (unpaired) electrons. The Bertz CT molecular complexity index is 788. The minimum absolute atomic E-state index is 0.359. The van der Waals surface area contributed by atoms with Crippen LogP contribution in [0.2, 0.25) is 5.02 Å². The van der Waals surface area contributed by atoms with Crippen molar-refractivity contribution in [2.24, 2.45) is 0 Å². The summed E-state index contributed by atoms with van der Waals surface area (Å²) < 4.78 is 5.72. The molecule has 6 heteroatoms. The van der Waals surface area contributed by atoms with Gasteiger partial charge in [0.1, 0.15) is 11.5 Å². The van der Waals surface area contributed by atoms with Crippen LogP contribution in [0.3, 0.4) is 0 Å². The van der Waals surface area contributed by atoms with E-state index in [4.69, 9.17) is 16.3 Å². The van der Waals surface area contributed by atoms with Gasteiger partial charge in [-0.05, 0) is 53.7 Å². The lowest BCUT2D eigenvalue weighted by Crippen LogP contribution is -2.17. The summed E-state index contributed by atoms with van der Waals surface area (Å²) in [5.74, 6) is 0.864. The van der Waals surface area contributed by atoms with Gasteiger partial charge in [-0.2, -0.15) is 0 Å². The minimum Gasteiger partial charge on any atom is -0.457 e. The molecule has 1 heterocycles. The number of carbonyl (C=O) groups is 2. The quantitative estimate of drug-likeness (QED) is 0.844. The largest absolute Gasteiger partial charge is 0.457 e.